The van der Waals surface area contributed by atoms with E-state index in [9.17, 15) is 9.90 Å². The van der Waals surface area contributed by atoms with E-state index in [2.05, 4.69) is 24.1 Å². The molecule has 2 unspecified atom stereocenters. The first-order valence-corrected chi connectivity index (χ1v) is 6.61. The van der Waals surface area contributed by atoms with Crippen LogP contribution in [0.4, 0.5) is 0 Å². The highest BCUT2D eigenvalue weighted by Gasteiger charge is 2.29. The van der Waals surface area contributed by atoms with Gasteiger partial charge in [-0.2, -0.15) is 0 Å². The number of β-amino-alcohol motifs (C(OH)–C–C–N with tert-alkyl or cyclic N) is 1. The van der Waals surface area contributed by atoms with Gasteiger partial charge in [0.15, 0.2) is 0 Å². The largest absolute Gasteiger partial charge is 0.390 e. The molecule has 2 atom stereocenters. The van der Waals surface area contributed by atoms with Gasteiger partial charge in [-0.1, -0.05) is 13.8 Å². The molecule has 1 aliphatic heterocycles. The first-order chi connectivity index (χ1) is 7.90. The van der Waals surface area contributed by atoms with E-state index in [1.807, 2.05) is 13.8 Å². The number of piperidine rings is 1. The van der Waals surface area contributed by atoms with Crippen LogP contribution < -0.4 is 5.32 Å². The number of hydrogen-bond donors (Lipinski definition) is 2. The average molecular weight is 242 g/mol. The Labute approximate surface area is 104 Å². The molecule has 0 spiro atoms. The quantitative estimate of drug-likeness (QED) is 0.773. The van der Waals surface area contributed by atoms with Crippen LogP contribution in [0.25, 0.3) is 0 Å². The van der Waals surface area contributed by atoms with Crippen LogP contribution >= 0.6 is 0 Å². The van der Waals surface area contributed by atoms with Crippen molar-refractivity contribution >= 4 is 5.91 Å². The van der Waals surface area contributed by atoms with Crippen molar-refractivity contribution in [3.63, 3.8) is 0 Å². The minimum absolute atomic E-state index is 0.0575. The Balaban J connectivity index is 2.39. The van der Waals surface area contributed by atoms with Crippen molar-refractivity contribution in [3.05, 3.63) is 0 Å². The fraction of sp³-hybridized carbons (Fsp3) is 0.923. The third kappa shape index (κ3) is 4.64. The predicted octanol–water partition coefficient (Wildman–Crippen LogP) is 0.992. The maximum atomic E-state index is 11.6. The van der Waals surface area contributed by atoms with Gasteiger partial charge in [-0.05, 0) is 26.2 Å². The molecule has 1 rings (SSSR count). The van der Waals surface area contributed by atoms with Crippen LogP contribution in [0, 0.1) is 5.92 Å². The van der Waals surface area contributed by atoms with Crippen LogP contribution in [0.15, 0.2) is 0 Å². The van der Waals surface area contributed by atoms with Crippen molar-refractivity contribution in [2.75, 3.05) is 13.1 Å². The molecular weight excluding hydrogens is 216 g/mol. The Bertz CT molecular complexity index is 254. The normalized spacial score (nSPS) is 26.5. The standard InChI is InChI=1S/C13H26N2O2/c1-9(2)7-13(17)14-11-5-6-15(10(3)4)8-12(11)16/h9-12,16H,5-8H2,1-4H3,(H,14,17). The summed E-state index contributed by atoms with van der Waals surface area (Å²) in [6, 6.07) is 0.383. The molecule has 17 heavy (non-hydrogen) atoms. The lowest BCUT2D eigenvalue weighted by atomic mass is 10.00. The van der Waals surface area contributed by atoms with Crippen LogP contribution in [0.5, 0.6) is 0 Å². The lowest BCUT2D eigenvalue weighted by molar-refractivity contribution is -0.124. The number of aliphatic hydroxyl groups excluding tert-OH is 1. The summed E-state index contributed by atoms with van der Waals surface area (Å²) in [6.07, 6.45) is 0.933. The second-order valence-electron chi connectivity index (χ2n) is 5.72. The molecule has 4 heteroatoms. The number of amides is 1. The van der Waals surface area contributed by atoms with Gasteiger partial charge in [0.05, 0.1) is 12.1 Å². The molecule has 0 aliphatic carbocycles. The second kappa shape index (κ2) is 6.36. The van der Waals surface area contributed by atoms with Crippen LogP contribution in [0.3, 0.4) is 0 Å². The molecule has 4 nitrogen and oxygen atoms in total. The van der Waals surface area contributed by atoms with Gasteiger partial charge in [-0.15, -0.1) is 0 Å². The van der Waals surface area contributed by atoms with Crippen molar-refractivity contribution in [1.29, 1.82) is 0 Å². The monoisotopic (exact) mass is 242 g/mol. The third-order valence-electron chi connectivity index (χ3n) is 3.28. The molecule has 0 saturated carbocycles. The van der Waals surface area contributed by atoms with Gasteiger partial charge in [0.2, 0.25) is 5.91 Å². The SMILES string of the molecule is CC(C)CC(=O)NC1CCN(C(C)C)CC1O. The number of carbonyl (C=O) groups excluding carboxylic acids is 1. The van der Waals surface area contributed by atoms with E-state index in [1.165, 1.54) is 0 Å². The number of likely N-dealkylation sites (tertiary alicyclic amines) is 1. The second-order valence-corrected chi connectivity index (χ2v) is 5.72. The molecule has 0 aromatic heterocycles. The maximum absolute atomic E-state index is 11.6. The van der Waals surface area contributed by atoms with Gasteiger partial charge in [0, 0.05) is 25.6 Å². The van der Waals surface area contributed by atoms with Crippen molar-refractivity contribution in [3.8, 4) is 0 Å². The topological polar surface area (TPSA) is 52.6 Å². The molecule has 1 heterocycles. The van der Waals surface area contributed by atoms with Gasteiger partial charge in [0.25, 0.3) is 0 Å². The summed E-state index contributed by atoms with van der Waals surface area (Å²) in [7, 11) is 0. The zero-order chi connectivity index (χ0) is 13.0. The summed E-state index contributed by atoms with van der Waals surface area (Å²) in [4.78, 5) is 13.9. The van der Waals surface area contributed by atoms with E-state index in [4.69, 9.17) is 0 Å². The van der Waals surface area contributed by atoms with Gasteiger partial charge in [0.1, 0.15) is 0 Å². The zero-order valence-corrected chi connectivity index (χ0v) is 11.4. The third-order valence-corrected chi connectivity index (χ3v) is 3.28. The molecule has 100 valence electrons. The minimum Gasteiger partial charge on any atom is -0.390 e. The molecule has 0 aromatic rings. The Kier molecular flexibility index (Phi) is 5.40. The highest BCUT2D eigenvalue weighted by molar-refractivity contribution is 5.76. The summed E-state index contributed by atoms with van der Waals surface area (Å²) >= 11 is 0. The molecule has 1 amide bonds. The first kappa shape index (κ1) is 14.5. The number of nitrogens with zero attached hydrogens (tertiary/aromatic N) is 1. The average Bonchev–Trinajstić information content (AvgIpc) is 2.19. The summed E-state index contributed by atoms with van der Waals surface area (Å²) in [5, 5.41) is 13.0. The van der Waals surface area contributed by atoms with Crippen molar-refractivity contribution in [1.82, 2.24) is 10.2 Å². The van der Waals surface area contributed by atoms with Crippen molar-refractivity contribution < 1.29 is 9.90 Å². The van der Waals surface area contributed by atoms with Crippen LogP contribution in [-0.4, -0.2) is 47.2 Å². The zero-order valence-electron chi connectivity index (χ0n) is 11.4. The molecule has 1 fully saturated rings. The van der Waals surface area contributed by atoms with Gasteiger partial charge < -0.3 is 10.4 Å². The Hall–Kier alpha value is -0.610. The number of nitrogens with one attached hydrogen (secondary N) is 1. The van der Waals surface area contributed by atoms with Gasteiger partial charge in [-0.3, -0.25) is 9.69 Å². The summed E-state index contributed by atoms with van der Waals surface area (Å²) in [5.41, 5.74) is 0. The van der Waals surface area contributed by atoms with Crippen LogP contribution in [-0.2, 0) is 4.79 Å². The molecule has 1 aliphatic rings. The number of rotatable bonds is 4. The Morgan fingerprint density at radius 1 is 1.41 bits per heavy atom. The van der Waals surface area contributed by atoms with Gasteiger partial charge >= 0.3 is 0 Å². The Morgan fingerprint density at radius 3 is 2.53 bits per heavy atom. The molecular formula is C13H26N2O2. The summed E-state index contributed by atoms with van der Waals surface area (Å²) in [5.74, 6) is 0.421. The summed E-state index contributed by atoms with van der Waals surface area (Å²) < 4.78 is 0. The smallest absolute Gasteiger partial charge is 0.220 e. The van der Waals surface area contributed by atoms with E-state index in [-0.39, 0.29) is 11.9 Å². The fourth-order valence-electron chi connectivity index (χ4n) is 2.23. The van der Waals surface area contributed by atoms with Crippen LogP contribution in [0.2, 0.25) is 0 Å². The van der Waals surface area contributed by atoms with E-state index in [1.54, 1.807) is 0 Å². The number of hydrogen-bond acceptors (Lipinski definition) is 3. The maximum Gasteiger partial charge on any atom is 0.220 e. The molecule has 0 bridgehead atoms. The van der Waals surface area contributed by atoms with E-state index < -0.39 is 6.10 Å². The fourth-order valence-corrected chi connectivity index (χ4v) is 2.23. The van der Waals surface area contributed by atoms with E-state index in [0.29, 0.717) is 24.9 Å². The molecule has 2 N–H and O–H groups in total. The minimum atomic E-state index is -0.442. The summed E-state index contributed by atoms with van der Waals surface area (Å²) in [6.45, 7) is 9.91. The molecule has 1 saturated heterocycles. The predicted molar refractivity (Wildman–Crippen MR) is 68.7 cm³/mol. The van der Waals surface area contributed by atoms with E-state index >= 15 is 0 Å². The first-order valence-electron chi connectivity index (χ1n) is 6.61. The lowest BCUT2D eigenvalue weighted by Gasteiger charge is -2.38. The molecule has 0 radical (unpaired) electrons. The van der Waals surface area contributed by atoms with E-state index in [0.717, 1.165) is 13.0 Å². The highest BCUT2D eigenvalue weighted by Crippen LogP contribution is 2.14. The highest BCUT2D eigenvalue weighted by atomic mass is 16.3. The Morgan fingerprint density at radius 2 is 2.06 bits per heavy atom. The lowest BCUT2D eigenvalue weighted by Crippen LogP contribution is -2.55. The van der Waals surface area contributed by atoms with Crippen molar-refractivity contribution in [2.45, 2.75) is 58.7 Å². The molecule has 0 aromatic carbocycles. The van der Waals surface area contributed by atoms with Gasteiger partial charge in [-0.25, -0.2) is 0 Å². The number of aliphatic hydroxyl groups is 1. The van der Waals surface area contributed by atoms with Crippen LogP contribution in [0.1, 0.15) is 40.5 Å². The number of carbonyl (C=O) groups is 1. The van der Waals surface area contributed by atoms with Crippen molar-refractivity contribution in [2.24, 2.45) is 5.92 Å².